The normalized spacial score (nSPS) is 20.0. The molecule has 0 radical (unpaired) electrons. The number of nitrogens with one attached hydrogen (secondary N) is 2. The van der Waals surface area contributed by atoms with Crippen LogP contribution in [-0.2, 0) is 14.3 Å². The Balaban J connectivity index is 1.24. The molecule has 2 aromatic carbocycles. The second kappa shape index (κ2) is 10.7. The molecule has 0 spiro atoms. The number of carbonyl (C=O) groups excluding carboxylic acids is 2. The van der Waals surface area contributed by atoms with Crippen LogP contribution in [-0.4, -0.2) is 42.3 Å². The van der Waals surface area contributed by atoms with Gasteiger partial charge in [0, 0.05) is 24.9 Å². The van der Waals surface area contributed by atoms with Crippen LogP contribution in [0.5, 0.6) is 0 Å². The van der Waals surface area contributed by atoms with Crippen molar-refractivity contribution in [2.75, 3.05) is 13.2 Å². The average molecular weight is 465 g/mol. The van der Waals surface area contributed by atoms with Gasteiger partial charge in [0.05, 0.1) is 5.92 Å². The molecule has 4 rings (SSSR count). The van der Waals surface area contributed by atoms with Crippen LogP contribution in [0.15, 0.2) is 48.5 Å². The molecule has 0 saturated heterocycles. The van der Waals surface area contributed by atoms with Crippen molar-refractivity contribution in [3.8, 4) is 11.1 Å². The lowest BCUT2D eigenvalue weighted by molar-refractivity contribution is -0.145. The summed E-state index contributed by atoms with van der Waals surface area (Å²) in [7, 11) is 0. The van der Waals surface area contributed by atoms with E-state index >= 15 is 0 Å². The standard InChI is InChI=1S/C27H32N2O5/c1-17(14-25(30)28-15-18-8-2-3-9-19(18)26(31)32)29-27(33)34-16-24-22-12-6-4-10-20(22)21-11-5-7-13-23(21)24/h4-7,10-13,17-19,24H,2-3,8-9,14-16H2,1H3,(H,28,30)(H,29,33)(H,31,32)/t17-,18?,19?/m0/s1. The number of hydrogen-bond acceptors (Lipinski definition) is 4. The maximum absolute atomic E-state index is 12.4. The zero-order valence-electron chi connectivity index (χ0n) is 19.5. The lowest BCUT2D eigenvalue weighted by Crippen LogP contribution is -2.41. The number of amides is 2. The molecule has 34 heavy (non-hydrogen) atoms. The summed E-state index contributed by atoms with van der Waals surface area (Å²) in [6, 6.07) is 15.9. The Kier molecular flexibility index (Phi) is 7.50. The summed E-state index contributed by atoms with van der Waals surface area (Å²) in [4.78, 5) is 36.2. The zero-order valence-corrected chi connectivity index (χ0v) is 19.5. The van der Waals surface area contributed by atoms with Crippen LogP contribution < -0.4 is 10.6 Å². The summed E-state index contributed by atoms with van der Waals surface area (Å²) in [5.41, 5.74) is 4.62. The van der Waals surface area contributed by atoms with Gasteiger partial charge in [-0.2, -0.15) is 0 Å². The van der Waals surface area contributed by atoms with Crippen molar-refractivity contribution in [2.24, 2.45) is 11.8 Å². The van der Waals surface area contributed by atoms with Gasteiger partial charge in [0.15, 0.2) is 0 Å². The van der Waals surface area contributed by atoms with E-state index in [4.69, 9.17) is 4.74 Å². The van der Waals surface area contributed by atoms with E-state index in [0.717, 1.165) is 30.4 Å². The first-order valence-electron chi connectivity index (χ1n) is 12.0. The van der Waals surface area contributed by atoms with Crippen LogP contribution >= 0.6 is 0 Å². The lowest BCUT2D eigenvalue weighted by Gasteiger charge is -2.28. The predicted octanol–water partition coefficient (Wildman–Crippen LogP) is 4.31. The van der Waals surface area contributed by atoms with E-state index in [1.54, 1.807) is 6.92 Å². The highest BCUT2D eigenvalue weighted by Gasteiger charge is 2.31. The third-order valence-corrected chi connectivity index (χ3v) is 6.99. The molecule has 7 nitrogen and oxygen atoms in total. The van der Waals surface area contributed by atoms with Gasteiger partial charge < -0.3 is 20.5 Å². The van der Waals surface area contributed by atoms with Crippen molar-refractivity contribution in [2.45, 2.75) is 51.0 Å². The highest BCUT2D eigenvalue weighted by molar-refractivity contribution is 5.79. The smallest absolute Gasteiger partial charge is 0.407 e. The van der Waals surface area contributed by atoms with E-state index in [9.17, 15) is 19.5 Å². The average Bonchev–Trinajstić information content (AvgIpc) is 3.15. The molecule has 180 valence electrons. The van der Waals surface area contributed by atoms with Crippen LogP contribution in [0.2, 0.25) is 0 Å². The lowest BCUT2D eigenvalue weighted by atomic mass is 9.79. The van der Waals surface area contributed by atoms with Crippen molar-refractivity contribution in [1.82, 2.24) is 10.6 Å². The molecule has 0 aliphatic heterocycles. The van der Waals surface area contributed by atoms with Gasteiger partial charge in [-0.3, -0.25) is 9.59 Å². The number of alkyl carbamates (subject to hydrolysis) is 1. The molecule has 1 saturated carbocycles. The summed E-state index contributed by atoms with van der Waals surface area (Å²) in [6.07, 6.45) is 2.93. The largest absolute Gasteiger partial charge is 0.481 e. The fraction of sp³-hybridized carbons (Fsp3) is 0.444. The quantitative estimate of drug-likeness (QED) is 0.540. The number of carboxylic acids is 1. The second-order valence-corrected chi connectivity index (χ2v) is 9.37. The molecule has 7 heteroatoms. The Morgan fingerprint density at radius 2 is 1.62 bits per heavy atom. The number of rotatable bonds is 8. The van der Waals surface area contributed by atoms with E-state index < -0.39 is 24.0 Å². The molecule has 2 aromatic rings. The minimum absolute atomic E-state index is 0.0190. The van der Waals surface area contributed by atoms with Crippen LogP contribution in [0, 0.1) is 11.8 Å². The van der Waals surface area contributed by atoms with Gasteiger partial charge in [-0.15, -0.1) is 0 Å². The molecule has 2 unspecified atom stereocenters. The van der Waals surface area contributed by atoms with Crippen LogP contribution in [0.3, 0.4) is 0 Å². The number of fused-ring (bicyclic) bond motifs is 3. The molecule has 0 aromatic heterocycles. The summed E-state index contributed by atoms with van der Waals surface area (Å²) in [5, 5.41) is 15.0. The minimum atomic E-state index is -0.788. The Labute approximate surface area is 199 Å². The highest BCUT2D eigenvalue weighted by atomic mass is 16.5. The number of carbonyl (C=O) groups is 3. The van der Waals surface area contributed by atoms with Crippen molar-refractivity contribution in [3.05, 3.63) is 59.7 Å². The monoisotopic (exact) mass is 464 g/mol. The van der Waals surface area contributed by atoms with Crippen molar-refractivity contribution < 1.29 is 24.2 Å². The number of aliphatic carboxylic acids is 1. The summed E-state index contributed by atoms with van der Waals surface area (Å²) in [5.74, 6) is -1.45. The number of benzene rings is 2. The molecule has 0 bridgehead atoms. The molecule has 2 aliphatic carbocycles. The highest BCUT2D eigenvalue weighted by Crippen LogP contribution is 2.44. The Bertz CT molecular complexity index is 1010. The van der Waals surface area contributed by atoms with E-state index in [1.165, 1.54) is 11.1 Å². The zero-order chi connectivity index (χ0) is 24.1. The van der Waals surface area contributed by atoms with Gasteiger partial charge in [-0.1, -0.05) is 61.4 Å². The number of carboxylic acid groups (broad SMARTS) is 1. The first-order chi connectivity index (χ1) is 16.4. The molecule has 3 N–H and O–H groups in total. The van der Waals surface area contributed by atoms with E-state index in [2.05, 4.69) is 34.9 Å². The van der Waals surface area contributed by atoms with Crippen LogP contribution in [0.25, 0.3) is 11.1 Å². The topological polar surface area (TPSA) is 105 Å². The van der Waals surface area contributed by atoms with Gasteiger partial charge in [0.2, 0.25) is 5.91 Å². The SMILES string of the molecule is C[C@@H](CC(=O)NCC1CCCCC1C(=O)O)NC(=O)OCC1c2ccccc2-c2ccccc21. The second-order valence-electron chi connectivity index (χ2n) is 9.37. The minimum Gasteiger partial charge on any atom is -0.481 e. The van der Waals surface area contributed by atoms with Gasteiger partial charge >= 0.3 is 12.1 Å². The Morgan fingerprint density at radius 3 is 2.26 bits per heavy atom. The van der Waals surface area contributed by atoms with Crippen molar-refractivity contribution >= 4 is 18.0 Å². The first-order valence-corrected chi connectivity index (χ1v) is 12.0. The summed E-state index contributed by atoms with van der Waals surface area (Å²) in [6.45, 7) is 2.33. The summed E-state index contributed by atoms with van der Waals surface area (Å²) >= 11 is 0. The molecular formula is C27H32N2O5. The third-order valence-electron chi connectivity index (χ3n) is 6.99. The van der Waals surface area contributed by atoms with Gasteiger partial charge in [-0.05, 0) is 47.9 Å². The maximum Gasteiger partial charge on any atom is 0.407 e. The van der Waals surface area contributed by atoms with Crippen LogP contribution in [0.1, 0.15) is 56.1 Å². The van der Waals surface area contributed by atoms with Gasteiger partial charge in [0.25, 0.3) is 0 Å². The molecule has 3 atom stereocenters. The molecular weight excluding hydrogens is 432 g/mol. The number of ether oxygens (including phenoxy) is 1. The van der Waals surface area contributed by atoms with E-state index in [-0.39, 0.29) is 30.8 Å². The van der Waals surface area contributed by atoms with E-state index in [1.807, 2.05) is 24.3 Å². The predicted molar refractivity (Wildman–Crippen MR) is 128 cm³/mol. The molecule has 0 heterocycles. The fourth-order valence-corrected chi connectivity index (χ4v) is 5.26. The van der Waals surface area contributed by atoms with Gasteiger partial charge in [-0.25, -0.2) is 4.79 Å². The number of hydrogen-bond donors (Lipinski definition) is 3. The molecule has 2 aliphatic rings. The maximum atomic E-state index is 12.4. The first kappa shape index (κ1) is 23.8. The van der Waals surface area contributed by atoms with Crippen LogP contribution in [0.4, 0.5) is 4.79 Å². The molecule has 1 fully saturated rings. The third kappa shape index (κ3) is 5.41. The van der Waals surface area contributed by atoms with Gasteiger partial charge in [0.1, 0.15) is 6.61 Å². The Hall–Kier alpha value is -3.35. The fourth-order valence-electron chi connectivity index (χ4n) is 5.26. The van der Waals surface area contributed by atoms with E-state index in [0.29, 0.717) is 13.0 Å². The molecule has 2 amide bonds. The van der Waals surface area contributed by atoms with Crippen molar-refractivity contribution in [3.63, 3.8) is 0 Å². The van der Waals surface area contributed by atoms with Crippen molar-refractivity contribution in [1.29, 1.82) is 0 Å². The Morgan fingerprint density at radius 1 is 1.00 bits per heavy atom. The summed E-state index contributed by atoms with van der Waals surface area (Å²) < 4.78 is 5.54.